The van der Waals surface area contributed by atoms with E-state index in [1.807, 2.05) is 18.3 Å². The van der Waals surface area contributed by atoms with Crippen molar-refractivity contribution >= 4 is 39.2 Å². The monoisotopic (exact) mass is 629 g/mol. The fourth-order valence-corrected chi connectivity index (χ4v) is 6.45. The van der Waals surface area contributed by atoms with E-state index in [1.165, 1.54) is 24.3 Å². The van der Waals surface area contributed by atoms with Crippen LogP contribution in [-0.4, -0.2) is 70.1 Å². The Labute approximate surface area is 265 Å². The summed E-state index contributed by atoms with van der Waals surface area (Å²) in [5.41, 5.74) is 3.29. The first-order valence-corrected chi connectivity index (χ1v) is 16.2. The number of piperazine rings is 1. The van der Waals surface area contributed by atoms with E-state index in [0.29, 0.717) is 49.7 Å². The second-order valence-electron chi connectivity index (χ2n) is 11.9. The number of carbonyl (C=O) groups is 3. The number of nitrogens with zero attached hydrogens (tertiary/aromatic N) is 4. The highest BCUT2D eigenvalue weighted by atomic mass is 32.1. The van der Waals surface area contributed by atoms with Gasteiger partial charge in [0.2, 0.25) is 0 Å². The molecule has 9 nitrogen and oxygen atoms in total. The second-order valence-corrected chi connectivity index (χ2v) is 12.9. The summed E-state index contributed by atoms with van der Waals surface area (Å²) in [5.74, 6) is 0.843. The van der Waals surface area contributed by atoms with Crippen molar-refractivity contribution in [3.63, 3.8) is 0 Å². The number of carbonyl (C=O) groups excluding carboxylic acids is 3. The molecule has 1 saturated carbocycles. The molecule has 4 aromatic rings. The minimum absolute atomic E-state index is 0.0611. The number of hydrogen-bond acceptors (Lipinski definition) is 8. The van der Waals surface area contributed by atoms with Gasteiger partial charge in [0.1, 0.15) is 17.3 Å². The van der Waals surface area contributed by atoms with Crippen molar-refractivity contribution in [3.05, 3.63) is 71.8 Å². The van der Waals surface area contributed by atoms with Gasteiger partial charge >= 0.3 is 6.03 Å². The van der Waals surface area contributed by atoms with Gasteiger partial charge in [-0.15, -0.1) is 11.3 Å². The Morgan fingerprint density at radius 2 is 1.80 bits per heavy atom. The number of halogens is 1. The summed E-state index contributed by atoms with van der Waals surface area (Å²) in [6.45, 7) is 5.40. The lowest BCUT2D eigenvalue weighted by Crippen LogP contribution is -2.51. The van der Waals surface area contributed by atoms with Crippen LogP contribution < -0.4 is 10.1 Å². The maximum Gasteiger partial charge on any atom is 0.317 e. The Morgan fingerprint density at radius 1 is 1.00 bits per heavy atom. The van der Waals surface area contributed by atoms with Crippen molar-refractivity contribution in [1.29, 1.82) is 0 Å². The molecule has 0 atom stereocenters. The summed E-state index contributed by atoms with van der Waals surface area (Å²) in [6.07, 6.45) is 6.92. The van der Waals surface area contributed by atoms with Gasteiger partial charge in [0, 0.05) is 77.0 Å². The van der Waals surface area contributed by atoms with Crippen LogP contribution >= 0.6 is 11.3 Å². The topological polar surface area (TPSA) is 105 Å². The van der Waals surface area contributed by atoms with Crippen LogP contribution in [0.15, 0.2) is 54.9 Å². The molecule has 1 saturated heterocycles. The number of Topliss-reactive ketones (excluding diaryl/α,β-unsaturated/α-hetero) is 2. The third-order valence-electron chi connectivity index (χ3n) is 8.10. The first-order chi connectivity index (χ1) is 21.8. The number of rotatable bonds is 12. The predicted octanol–water partition coefficient (Wildman–Crippen LogP) is 6.01. The van der Waals surface area contributed by atoms with E-state index in [-0.39, 0.29) is 29.8 Å². The minimum Gasteiger partial charge on any atom is -0.453 e. The fraction of sp³-hybridized carbons (Fsp3) is 0.382. The summed E-state index contributed by atoms with van der Waals surface area (Å²) in [4.78, 5) is 49.8. The highest BCUT2D eigenvalue weighted by Crippen LogP contribution is 2.39. The third-order valence-corrected chi connectivity index (χ3v) is 9.26. The molecule has 0 bridgehead atoms. The molecule has 1 aromatic carbocycles. The maximum absolute atomic E-state index is 15.0. The number of thiophene rings is 1. The van der Waals surface area contributed by atoms with E-state index in [9.17, 15) is 18.8 Å². The fourth-order valence-electron chi connectivity index (χ4n) is 5.41. The standard InChI is InChI=1S/C34H36FN5O4S/c1-22(41)8-10-37-34(43)40-14-12-39(13-15-40)21-25-4-6-28(38-20-25)32-19-29-33(45-32)31(9-11-36-29)44-30-7-5-24(18-27(30)35)17-26(42)16-23-2-3-23/h4-7,9,11,18-20,23H,2-3,8,10,12-17,21H2,1H3,(H,37,43). The largest absolute Gasteiger partial charge is 0.453 e. The van der Waals surface area contributed by atoms with Gasteiger partial charge in [-0.2, -0.15) is 0 Å². The van der Waals surface area contributed by atoms with Gasteiger partial charge in [-0.1, -0.05) is 12.1 Å². The molecular weight excluding hydrogens is 593 g/mol. The van der Waals surface area contributed by atoms with Crippen LogP contribution in [0.5, 0.6) is 11.5 Å². The first-order valence-electron chi connectivity index (χ1n) is 15.4. The van der Waals surface area contributed by atoms with Gasteiger partial charge in [0.25, 0.3) is 0 Å². The molecule has 1 N–H and O–H groups in total. The van der Waals surface area contributed by atoms with E-state index in [4.69, 9.17) is 9.72 Å². The lowest BCUT2D eigenvalue weighted by Gasteiger charge is -2.34. The Bertz CT molecular complexity index is 1700. The van der Waals surface area contributed by atoms with Crippen LogP contribution in [0.1, 0.15) is 43.7 Å². The molecule has 2 amide bonds. The smallest absolute Gasteiger partial charge is 0.317 e. The number of aromatic nitrogens is 2. The zero-order valence-corrected chi connectivity index (χ0v) is 26.1. The molecule has 1 aliphatic heterocycles. The molecular formula is C34H36FN5O4S. The number of fused-ring (bicyclic) bond motifs is 1. The lowest BCUT2D eigenvalue weighted by atomic mass is 10.0. The van der Waals surface area contributed by atoms with E-state index < -0.39 is 5.82 Å². The van der Waals surface area contributed by atoms with Crippen LogP contribution in [0, 0.1) is 11.7 Å². The molecule has 0 unspecified atom stereocenters. The maximum atomic E-state index is 15.0. The molecule has 4 heterocycles. The minimum atomic E-state index is -0.500. The van der Waals surface area contributed by atoms with Crippen LogP contribution in [0.25, 0.3) is 20.8 Å². The number of ether oxygens (including phenoxy) is 1. The van der Waals surface area contributed by atoms with Gasteiger partial charge in [-0.05, 0) is 61.1 Å². The molecule has 2 fully saturated rings. The van der Waals surface area contributed by atoms with Gasteiger partial charge in [0.15, 0.2) is 11.6 Å². The van der Waals surface area contributed by atoms with E-state index in [2.05, 4.69) is 21.3 Å². The van der Waals surface area contributed by atoms with E-state index in [0.717, 1.165) is 58.8 Å². The molecule has 0 radical (unpaired) electrons. The molecule has 6 rings (SSSR count). The van der Waals surface area contributed by atoms with Crippen LogP contribution in [0.2, 0.25) is 0 Å². The van der Waals surface area contributed by atoms with Crippen molar-refractivity contribution in [3.8, 4) is 22.1 Å². The normalized spacial score (nSPS) is 15.3. The van der Waals surface area contributed by atoms with Gasteiger partial charge in [0.05, 0.1) is 20.8 Å². The van der Waals surface area contributed by atoms with Crippen molar-refractivity contribution in [1.82, 2.24) is 25.1 Å². The van der Waals surface area contributed by atoms with Crippen LogP contribution in [0.4, 0.5) is 9.18 Å². The Kier molecular flexibility index (Phi) is 9.46. The zero-order valence-electron chi connectivity index (χ0n) is 25.3. The molecule has 1 aliphatic carbocycles. The van der Waals surface area contributed by atoms with Gasteiger partial charge in [-0.25, -0.2) is 9.18 Å². The first kappa shape index (κ1) is 30.8. The van der Waals surface area contributed by atoms with Crippen molar-refractivity contribution in [2.75, 3.05) is 32.7 Å². The molecule has 3 aromatic heterocycles. The quantitative estimate of drug-likeness (QED) is 0.205. The second kappa shape index (κ2) is 13.8. The highest BCUT2D eigenvalue weighted by Gasteiger charge is 2.25. The van der Waals surface area contributed by atoms with E-state index >= 15 is 0 Å². The Hall–Kier alpha value is -4.22. The summed E-state index contributed by atoms with van der Waals surface area (Å²) in [6, 6.07) is 12.3. The average Bonchev–Trinajstić information content (AvgIpc) is 3.72. The number of pyridine rings is 2. The zero-order chi connectivity index (χ0) is 31.3. The van der Waals surface area contributed by atoms with Crippen LogP contribution in [-0.2, 0) is 22.6 Å². The highest BCUT2D eigenvalue weighted by molar-refractivity contribution is 7.22. The van der Waals surface area contributed by atoms with E-state index in [1.54, 1.807) is 29.3 Å². The molecule has 45 heavy (non-hydrogen) atoms. The third kappa shape index (κ3) is 8.09. The number of nitrogens with one attached hydrogen (secondary N) is 1. The van der Waals surface area contributed by atoms with Crippen molar-refractivity contribution in [2.45, 2.75) is 45.6 Å². The summed E-state index contributed by atoms with van der Waals surface area (Å²) in [7, 11) is 0. The summed E-state index contributed by atoms with van der Waals surface area (Å²) >= 11 is 1.49. The van der Waals surface area contributed by atoms with Gasteiger partial charge < -0.3 is 15.0 Å². The van der Waals surface area contributed by atoms with Gasteiger partial charge in [-0.3, -0.25) is 24.5 Å². The number of ketones is 2. The number of benzene rings is 1. The molecule has 11 heteroatoms. The Morgan fingerprint density at radius 3 is 2.51 bits per heavy atom. The average molecular weight is 630 g/mol. The summed E-state index contributed by atoms with van der Waals surface area (Å²) in [5, 5.41) is 2.81. The number of amides is 2. The number of urea groups is 1. The van der Waals surface area contributed by atoms with Crippen LogP contribution in [0.3, 0.4) is 0 Å². The Balaban J connectivity index is 1.05. The molecule has 0 spiro atoms. The summed E-state index contributed by atoms with van der Waals surface area (Å²) < 4.78 is 21.8. The molecule has 234 valence electrons. The number of hydrogen-bond donors (Lipinski definition) is 1. The van der Waals surface area contributed by atoms with Crippen molar-refractivity contribution < 1.29 is 23.5 Å². The SMILES string of the molecule is CC(=O)CCNC(=O)N1CCN(Cc2ccc(-c3cc4nccc(Oc5ccc(CC(=O)CC6CC6)cc5F)c4s3)nc2)CC1. The molecule has 2 aliphatic rings. The van der Waals surface area contributed by atoms with Crippen molar-refractivity contribution in [2.24, 2.45) is 5.92 Å². The predicted molar refractivity (Wildman–Crippen MR) is 171 cm³/mol. The lowest BCUT2D eigenvalue weighted by molar-refractivity contribution is -0.119.